The Bertz CT molecular complexity index is 578. The molecular formula is C14H16N4OS. The quantitative estimate of drug-likeness (QED) is 0.909. The largest absolute Gasteiger partial charge is 0.306 e. The molecule has 2 N–H and O–H groups in total. The van der Waals surface area contributed by atoms with Gasteiger partial charge in [0, 0.05) is 17.1 Å². The minimum atomic E-state index is -0.104. The van der Waals surface area contributed by atoms with Crippen molar-refractivity contribution in [3.05, 3.63) is 30.3 Å². The molecule has 0 bridgehead atoms. The van der Waals surface area contributed by atoms with Crippen LogP contribution in [-0.2, 0) is 4.79 Å². The fraction of sp³-hybridized carbons (Fsp3) is 0.357. The lowest BCUT2D eigenvalue weighted by atomic mass is 10.0. The molecule has 0 aliphatic carbocycles. The van der Waals surface area contributed by atoms with Crippen molar-refractivity contribution in [3.63, 3.8) is 0 Å². The van der Waals surface area contributed by atoms with E-state index in [4.69, 9.17) is 0 Å². The lowest BCUT2D eigenvalue weighted by molar-refractivity contribution is -0.118. The van der Waals surface area contributed by atoms with Crippen molar-refractivity contribution < 1.29 is 4.79 Å². The molecule has 1 aliphatic heterocycles. The first-order valence-corrected chi connectivity index (χ1v) is 7.53. The molecule has 1 amide bonds. The van der Waals surface area contributed by atoms with Crippen LogP contribution in [0.3, 0.4) is 0 Å². The van der Waals surface area contributed by atoms with Gasteiger partial charge in [0.2, 0.25) is 11.0 Å². The van der Waals surface area contributed by atoms with Gasteiger partial charge in [0.1, 0.15) is 0 Å². The second-order valence-electron chi connectivity index (χ2n) is 4.78. The van der Waals surface area contributed by atoms with Gasteiger partial charge in [-0.25, -0.2) is 0 Å². The molecular weight excluding hydrogens is 272 g/mol. The summed E-state index contributed by atoms with van der Waals surface area (Å²) in [7, 11) is 0. The van der Waals surface area contributed by atoms with Crippen molar-refractivity contribution in [2.45, 2.75) is 25.3 Å². The standard InChI is InChI=1S/C14H16N4OS/c19-13(11-8-4-5-9-15-11)17-14-16-12(18-20-14)10-6-2-1-3-7-10/h1-3,6-7,11,15H,4-5,8-9H2,(H,16,17,18,19). The van der Waals surface area contributed by atoms with Gasteiger partial charge in [-0.05, 0) is 19.4 Å². The number of aromatic nitrogens is 2. The summed E-state index contributed by atoms with van der Waals surface area (Å²) in [6.07, 6.45) is 3.12. The molecule has 20 heavy (non-hydrogen) atoms. The van der Waals surface area contributed by atoms with Gasteiger partial charge in [0.15, 0.2) is 5.82 Å². The van der Waals surface area contributed by atoms with Crippen molar-refractivity contribution >= 4 is 22.6 Å². The van der Waals surface area contributed by atoms with Crippen molar-refractivity contribution in [1.29, 1.82) is 0 Å². The van der Waals surface area contributed by atoms with Gasteiger partial charge >= 0.3 is 0 Å². The highest BCUT2D eigenvalue weighted by molar-refractivity contribution is 7.10. The zero-order valence-corrected chi connectivity index (χ0v) is 11.8. The molecule has 3 rings (SSSR count). The Morgan fingerprint density at radius 3 is 2.90 bits per heavy atom. The van der Waals surface area contributed by atoms with Crippen LogP contribution in [0.1, 0.15) is 19.3 Å². The molecule has 6 heteroatoms. The average Bonchev–Trinajstić information content (AvgIpc) is 2.97. The van der Waals surface area contributed by atoms with E-state index in [1.54, 1.807) is 0 Å². The number of carbonyl (C=O) groups is 1. The first-order chi connectivity index (χ1) is 9.83. The topological polar surface area (TPSA) is 66.9 Å². The highest BCUT2D eigenvalue weighted by atomic mass is 32.1. The number of amides is 1. The molecule has 1 aromatic carbocycles. The number of rotatable bonds is 3. The fourth-order valence-corrected chi connectivity index (χ4v) is 2.84. The van der Waals surface area contributed by atoms with Gasteiger partial charge in [-0.15, -0.1) is 0 Å². The second kappa shape index (κ2) is 6.11. The monoisotopic (exact) mass is 288 g/mol. The van der Waals surface area contributed by atoms with Crippen LogP contribution in [0.4, 0.5) is 5.13 Å². The normalized spacial score (nSPS) is 18.7. The Kier molecular flexibility index (Phi) is 4.03. The van der Waals surface area contributed by atoms with Crippen LogP contribution < -0.4 is 10.6 Å². The number of nitrogens with zero attached hydrogens (tertiary/aromatic N) is 2. The Morgan fingerprint density at radius 1 is 1.30 bits per heavy atom. The number of hydrogen-bond donors (Lipinski definition) is 2. The van der Waals surface area contributed by atoms with Gasteiger partial charge in [0.05, 0.1) is 6.04 Å². The Morgan fingerprint density at radius 2 is 2.15 bits per heavy atom. The Balaban J connectivity index is 1.66. The van der Waals surface area contributed by atoms with Crippen LogP contribution in [-0.4, -0.2) is 27.9 Å². The molecule has 0 saturated carbocycles. The smallest absolute Gasteiger partial charge is 0.243 e. The van der Waals surface area contributed by atoms with Crippen LogP contribution in [0.25, 0.3) is 11.4 Å². The Hall–Kier alpha value is -1.79. The third-order valence-corrected chi connectivity index (χ3v) is 3.95. The zero-order chi connectivity index (χ0) is 13.8. The van der Waals surface area contributed by atoms with Crippen molar-refractivity contribution in [2.24, 2.45) is 0 Å². The molecule has 1 aromatic heterocycles. The third kappa shape index (κ3) is 3.02. The van der Waals surface area contributed by atoms with Crippen LogP contribution in [0.5, 0.6) is 0 Å². The number of benzene rings is 1. The summed E-state index contributed by atoms with van der Waals surface area (Å²) in [5, 5.41) is 6.62. The van der Waals surface area contributed by atoms with Crippen LogP contribution in [0, 0.1) is 0 Å². The van der Waals surface area contributed by atoms with E-state index in [9.17, 15) is 4.79 Å². The molecule has 1 atom stereocenters. The lowest BCUT2D eigenvalue weighted by Crippen LogP contribution is -2.43. The third-order valence-electron chi connectivity index (χ3n) is 3.31. The molecule has 1 unspecified atom stereocenters. The molecule has 0 radical (unpaired) electrons. The van der Waals surface area contributed by atoms with E-state index in [0.29, 0.717) is 11.0 Å². The first kappa shape index (κ1) is 13.2. The van der Waals surface area contributed by atoms with Crippen molar-refractivity contribution in [3.8, 4) is 11.4 Å². The van der Waals surface area contributed by atoms with Gasteiger partial charge in [-0.1, -0.05) is 36.8 Å². The predicted octanol–water partition coefficient (Wildman–Crippen LogP) is 2.29. The van der Waals surface area contributed by atoms with E-state index in [-0.39, 0.29) is 11.9 Å². The maximum absolute atomic E-state index is 12.1. The summed E-state index contributed by atoms with van der Waals surface area (Å²) in [6, 6.07) is 9.65. The molecule has 0 spiro atoms. The number of carbonyl (C=O) groups excluding carboxylic acids is 1. The summed E-state index contributed by atoms with van der Waals surface area (Å²) < 4.78 is 4.28. The summed E-state index contributed by atoms with van der Waals surface area (Å²) in [4.78, 5) is 16.4. The molecule has 1 aliphatic rings. The number of anilines is 1. The molecule has 5 nitrogen and oxygen atoms in total. The van der Waals surface area contributed by atoms with E-state index in [0.717, 1.165) is 31.4 Å². The number of nitrogens with one attached hydrogen (secondary N) is 2. The van der Waals surface area contributed by atoms with Gasteiger partial charge < -0.3 is 5.32 Å². The zero-order valence-electron chi connectivity index (χ0n) is 11.0. The Labute approximate surface area is 121 Å². The molecule has 1 saturated heterocycles. The summed E-state index contributed by atoms with van der Waals surface area (Å²) in [5.74, 6) is 0.642. The van der Waals surface area contributed by atoms with E-state index >= 15 is 0 Å². The minimum absolute atomic E-state index is 0.0135. The first-order valence-electron chi connectivity index (χ1n) is 6.76. The predicted molar refractivity (Wildman–Crippen MR) is 79.6 cm³/mol. The molecule has 2 heterocycles. The molecule has 2 aromatic rings. The lowest BCUT2D eigenvalue weighted by Gasteiger charge is -2.21. The maximum Gasteiger partial charge on any atom is 0.243 e. The van der Waals surface area contributed by atoms with Crippen molar-refractivity contribution in [2.75, 3.05) is 11.9 Å². The summed E-state index contributed by atoms with van der Waals surface area (Å²) in [5.41, 5.74) is 0.958. The summed E-state index contributed by atoms with van der Waals surface area (Å²) >= 11 is 1.22. The van der Waals surface area contributed by atoms with Crippen LogP contribution in [0.15, 0.2) is 30.3 Å². The van der Waals surface area contributed by atoms with Crippen LogP contribution >= 0.6 is 11.5 Å². The van der Waals surface area contributed by atoms with E-state index in [1.807, 2.05) is 30.3 Å². The van der Waals surface area contributed by atoms with E-state index in [1.165, 1.54) is 11.5 Å². The SMILES string of the molecule is O=C(Nc1nc(-c2ccccc2)ns1)C1CCCCN1. The average molecular weight is 288 g/mol. The highest BCUT2D eigenvalue weighted by Crippen LogP contribution is 2.21. The van der Waals surface area contributed by atoms with Crippen molar-refractivity contribution in [1.82, 2.24) is 14.7 Å². The summed E-state index contributed by atoms with van der Waals surface area (Å²) in [6.45, 7) is 0.906. The van der Waals surface area contributed by atoms with Gasteiger partial charge in [-0.2, -0.15) is 9.36 Å². The molecule has 104 valence electrons. The highest BCUT2D eigenvalue weighted by Gasteiger charge is 2.21. The minimum Gasteiger partial charge on any atom is -0.306 e. The number of hydrogen-bond acceptors (Lipinski definition) is 5. The van der Waals surface area contributed by atoms with Crippen LogP contribution in [0.2, 0.25) is 0 Å². The second-order valence-corrected chi connectivity index (χ2v) is 5.53. The van der Waals surface area contributed by atoms with Gasteiger partial charge in [-0.3, -0.25) is 10.1 Å². The number of piperidine rings is 1. The maximum atomic E-state index is 12.1. The van der Waals surface area contributed by atoms with Gasteiger partial charge in [0.25, 0.3) is 0 Å². The molecule has 1 fully saturated rings. The van der Waals surface area contributed by atoms with E-state index < -0.39 is 0 Å². The van der Waals surface area contributed by atoms with E-state index in [2.05, 4.69) is 20.0 Å². The fourth-order valence-electron chi connectivity index (χ4n) is 2.25.